The van der Waals surface area contributed by atoms with Gasteiger partial charge in [0.15, 0.2) is 0 Å². The van der Waals surface area contributed by atoms with E-state index >= 15 is 0 Å². The number of aromatic nitrogens is 2. The van der Waals surface area contributed by atoms with Gasteiger partial charge in [0.05, 0.1) is 24.7 Å². The second-order valence-electron chi connectivity index (χ2n) is 4.33. The summed E-state index contributed by atoms with van der Waals surface area (Å²) in [5.41, 5.74) is 1.16. The zero-order chi connectivity index (χ0) is 10.3. The molecule has 15 heavy (non-hydrogen) atoms. The van der Waals surface area contributed by atoms with Gasteiger partial charge < -0.3 is 19.9 Å². The molecule has 2 N–H and O–H groups in total. The number of ether oxygens (including phenoxy) is 1. The van der Waals surface area contributed by atoms with Crippen LogP contribution < -0.4 is 10.6 Å². The summed E-state index contributed by atoms with van der Waals surface area (Å²) in [7, 11) is 2.03. The van der Waals surface area contributed by atoms with Crippen LogP contribution in [0.1, 0.15) is 11.7 Å². The topological polar surface area (TPSA) is 51.1 Å². The summed E-state index contributed by atoms with van der Waals surface area (Å²) < 4.78 is 7.99. The lowest BCUT2D eigenvalue weighted by Gasteiger charge is -2.50. The van der Waals surface area contributed by atoms with E-state index in [1.165, 1.54) is 5.69 Å². The van der Waals surface area contributed by atoms with Gasteiger partial charge in [-0.25, -0.2) is 4.98 Å². The summed E-state index contributed by atoms with van der Waals surface area (Å²) in [4.78, 5) is 4.17. The van der Waals surface area contributed by atoms with Crippen molar-refractivity contribution in [2.75, 3.05) is 26.2 Å². The molecule has 0 bridgehead atoms. The first-order valence-corrected chi connectivity index (χ1v) is 5.36. The van der Waals surface area contributed by atoms with E-state index in [9.17, 15) is 0 Å². The molecule has 1 aromatic heterocycles. The molecule has 0 saturated carbocycles. The normalized spacial score (nSPS) is 29.0. The van der Waals surface area contributed by atoms with Crippen LogP contribution in [0.5, 0.6) is 0 Å². The Kier molecular flexibility index (Phi) is 2.05. The Labute approximate surface area is 88.8 Å². The Morgan fingerprint density at radius 1 is 1.60 bits per heavy atom. The zero-order valence-corrected chi connectivity index (χ0v) is 8.86. The SMILES string of the molecule is Cn1cncc1C1NCCOC12CNC2. The molecule has 2 saturated heterocycles. The molecule has 1 aromatic rings. The largest absolute Gasteiger partial charge is 0.369 e. The van der Waals surface area contributed by atoms with Crippen molar-refractivity contribution in [2.45, 2.75) is 11.6 Å². The van der Waals surface area contributed by atoms with E-state index < -0.39 is 0 Å². The monoisotopic (exact) mass is 208 g/mol. The van der Waals surface area contributed by atoms with E-state index in [1.54, 1.807) is 0 Å². The minimum absolute atomic E-state index is 0.0496. The van der Waals surface area contributed by atoms with Crippen LogP contribution in [0.25, 0.3) is 0 Å². The average molecular weight is 208 g/mol. The average Bonchev–Trinajstić information content (AvgIpc) is 2.62. The number of rotatable bonds is 1. The first kappa shape index (κ1) is 9.33. The molecule has 1 atom stereocenters. The van der Waals surface area contributed by atoms with Crippen LogP contribution in [0, 0.1) is 0 Å². The molecule has 2 aliphatic heterocycles. The molecule has 82 valence electrons. The molecule has 0 aromatic carbocycles. The van der Waals surface area contributed by atoms with Gasteiger partial charge in [0.25, 0.3) is 0 Å². The quantitative estimate of drug-likeness (QED) is 0.648. The van der Waals surface area contributed by atoms with E-state index in [1.807, 2.05) is 19.6 Å². The van der Waals surface area contributed by atoms with Gasteiger partial charge >= 0.3 is 0 Å². The van der Waals surface area contributed by atoms with Crippen molar-refractivity contribution in [3.05, 3.63) is 18.2 Å². The maximum absolute atomic E-state index is 5.93. The van der Waals surface area contributed by atoms with Crippen LogP contribution in [-0.2, 0) is 11.8 Å². The van der Waals surface area contributed by atoms with Gasteiger partial charge in [-0.05, 0) is 0 Å². The predicted molar refractivity (Wildman–Crippen MR) is 55.5 cm³/mol. The number of hydrogen-bond acceptors (Lipinski definition) is 4. The number of nitrogens with zero attached hydrogens (tertiary/aromatic N) is 2. The molecule has 0 aliphatic carbocycles. The van der Waals surface area contributed by atoms with Crippen molar-refractivity contribution < 1.29 is 4.74 Å². The van der Waals surface area contributed by atoms with E-state index in [2.05, 4.69) is 20.2 Å². The number of hydrogen-bond donors (Lipinski definition) is 2. The van der Waals surface area contributed by atoms with Crippen molar-refractivity contribution in [3.8, 4) is 0 Å². The smallest absolute Gasteiger partial charge is 0.114 e. The van der Waals surface area contributed by atoms with E-state index in [-0.39, 0.29) is 11.6 Å². The fourth-order valence-electron chi connectivity index (χ4n) is 2.42. The van der Waals surface area contributed by atoms with Crippen molar-refractivity contribution in [1.29, 1.82) is 0 Å². The molecule has 1 unspecified atom stereocenters. The molecular formula is C10H16N4O. The van der Waals surface area contributed by atoms with Gasteiger partial charge in [-0.3, -0.25) is 0 Å². The van der Waals surface area contributed by atoms with Crippen molar-refractivity contribution in [2.24, 2.45) is 7.05 Å². The summed E-state index contributed by atoms with van der Waals surface area (Å²) >= 11 is 0. The molecule has 5 nitrogen and oxygen atoms in total. The van der Waals surface area contributed by atoms with Gasteiger partial charge in [0.2, 0.25) is 0 Å². The Hall–Kier alpha value is -0.910. The van der Waals surface area contributed by atoms with Crippen LogP contribution in [0.15, 0.2) is 12.5 Å². The minimum atomic E-state index is -0.0496. The lowest BCUT2D eigenvalue weighted by molar-refractivity contribution is -0.130. The van der Waals surface area contributed by atoms with Crippen LogP contribution in [-0.4, -0.2) is 41.4 Å². The highest BCUT2D eigenvalue weighted by atomic mass is 16.5. The lowest BCUT2D eigenvalue weighted by atomic mass is 9.84. The maximum Gasteiger partial charge on any atom is 0.114 e. The second-order valence-corrected chi connectivity index (χ2v) is 4.33. The first-order chi connectivity index (χ1) is 7.32. The molecule has 3 heterocycles. The molecular weight excluding hydrogens is 192 g/mol. The number of aryl methyl sites for hydroxylation is 1. The minimum Gasteiger partial charge on any atom is -0.369 e. The molecule has 2 fully saturated rings. The number of morpholine rings is 1. The van der Waals surface area contributed by atoms with Crippen LogP contribution in [0.3, 0.4) is 0 Å². The third-order valence-electron chi connectivity index (χ3n) is 3.36. The van der Waals surface area contributed by atoms with E-state index in [0.29, 0.717) is 0 Å². The number of imidazole rings is 1. The van der Waals surface area contributed by atoms with Gasteiger partial charge in [-0.15, -0.1) is 0 Å². The van der Waals surface area contributed by atoms with Crippen molar-refractivity contribution >= 4 is 0 Å². The predicted octanol–water partition coefficient (Wildman–Crippen LogP) is -0.577. The fraction of sp³-hybridized carbons (Fsp3) is 0.700. The first-order valence-electron chi connectivity index (χ1n) is 5.36. The highest BCUT2D eigenvalue weighted by molar-refractivity contribution is 5.17. The van der Waals surface area contributed by atoms with Crippen LogP contribution >= 0.6 is 0 Å². The third kappa shape index (κ3) is 1.31. The Balaban J connectivity index is 1.92. The van der Waals surface area contributed by atoms with Crippen molar-refractivity contribution in [1.82, 2.24) is 20.2 Å². The highest BCUT2D eigenvalue weighted by Gasteiger charge is 2.48. The summed E-state index contributed by atoms with van der Waals surface area (Å²) in [5, 5.41) is 6.82. The standard InChI is InChI=1S/C10H16N4O/c1-14-7-11-4-8(14)9-10(5-12-6-10)15-3-2-13-9/h4,7,9,12-13H,2-3,5-6H2,1H3. The Bertz CT molecular complexity index is 358. The second kappa shape index (κ2) is 3.30. The molecule has 0 radical (unpaired) electrons. The lowest BCUT2D eigenvalue weighted by Crippen LogP contribution is -2.69. The zero-order valence-electron chi connectivity index (χ0n) is 8.86. The van der Waals surface area contributed by atoms with Crippen molar-refractivity contribution in [3.63, 3.8) is 0 Å². The maximum atomic E-state index is 5.93. The van der Waals surface area contributed by atoms with E-state index in [4.69, 9.17) is 4.74 Å². The van der Waals surface area contributed by atoms with Gasteiger partial charge in [0.1, 0.15) is 5.60 Å². The van der Waals surface area contributed by atoms with E-state index in [0.717, 1.165) is 26.2 Å². The highest BCUT2D eigenvalue weighted by Crippen LogP contribution is 2.34. The summed E-state index contributed by atoms with van der Waals surface area (Å²) in [6.45, 7) is 3.57. The summed E-state index contributed by atoms with van der Waals surface area (Å²) in [6.07, 6.45) is 3.76. The van der Waals surface area contributed by atoms with Gasteiger partial charge in [-0.1, -0.05) is 0 Å². The molecule has 3 rings (SSSR count). The Morgan fingerprint density at radius 3 is 3.07 bits per heavy atom. The molecule has 0 amide bonds. The van der Waals surface area contributed by atoms with Crippen LogP contribution in [0.4, 0.5) is 0 Å². The fourth-order valence-corrected chi connectivity index (χ4v) is 2.42. The summed E-state index contributed by atoms with van der Waals surface area (Å²) in [6, 6.07) is 0.264. The van der Waals surface area contributed by atoms with Gasteiger partial charge in [0, 0.05) is 32.9 Å². The third-order valence-corrected chi connectivity index (χ3v) is 3.36. The molecule has 2 aliphatic rings. The van der Waals surface area contributed by atoms with Gasteiger partial charge in [-0.2, -0.15) is 0 Å². The van der Waals surface area contributed by atoms with Crippen LogP contribution in [0.2, 0.25) is 0 Å². The molecule has 5 heteroatoms. The summed E-state index contributed by atoms with van der Waals surface area (Å²) in [5.74, 6) is 0. The Morgan fingerprint density at radius 2 is 2.47 bits per heavy atom. The number of nitrogens with one attached hydrogen (secondary N) is 2. The molecule has 1 spiro atoms.